The molecule has 2 heterocycles. The molecule has 0 amide bonds. The summed E-state index contributed by atoms with van der Waals surface area (Å²) in [6.45, 7) is 9.71. The van der Waals surface area contributed by atoms with Gasteiger partial charge in [-0.15, -0.1) is 0 Å². The van der Waals surface area contributed by atoms with Gasteiger partial charge in [0.15, 0.2) is 0 Å². The van der Waals surface area contributed by atoms with Crippen molar-refractivity contribution in [2.45, 2.75) is 64.8 Å². The molecule has 1 atom stereocenters. The van der Waals surface area contributed by atoms with E-state index in [-0.39, 0.29) is 11.2 Å². The van der Waals surface area contributed by atoms with Crippen molar-refractivity contribution >= 4 is 0 Å². The summed E-state index contributed by atoms with van der Waals surface area (Å²) in [4.78, 5) is 4.45. The Morgan fingerprint density at radius 1 is 1.32 bits per heavy atom. The molecule has 2 rings (SSSR count). The summed E-state index contributed by atoms with van der Waals surface area (Å²) < 4.78 is 12.1. The highest BCUT2D eigenvalue weighted by molar-refractivity contribution is 5.09. The Morgan fingerprint density at radius 3 is 2.68 bits per heavy atom. The lowest BCUT2D eigenvalue weighted by atomic mass is 9.96. The highest BCUT2D eigenvalue weighted by Crippen LogP contribution is 2.39. The lowest BCUT2D eigenvalue weighted by Crippen LogP contribution is -2.36. The van der Waals surface area contributed by atoms with Crippen LogP contribution in [0.5, 0.6) is 0 Å². The van der Waals surface area contributed by atoms with Crippen LogP contribution in [-0.4, -0.2) is 22.8 Å². The van der Waals surface area contributed by atoms with Crippen molar-refractivity contribution in [1.82, 2.24) is 4.98 Å². The maximum absolute atomic E-state index is 6.20. The minimum atomic E-state index is -0.104. The molecule has 0 bridgehead atoms. The van der Waals surface area contributed by atoms with Gasteiger partial charge in [-0.05, 0) is 52.2 Å². The first-order valence-corrected chi connectivity index (χ1v) is 7.15. The second kappa shape index (κ2) is 5.59. The van der Waals surface area contributed by atoms with Crippen LogP contribution in [0.1, 0.15) is 51.4 Å². The van der Waals surface area contributed by atoms with Crippen LogP contribution in [0.2, 0.25) is 0 Å². The van der Waals surface area contributed by atoms with E-state index in [1.165, 1.54) is 0 Å². The number of hydrogen-bond donors (Lipinski definition) is 0. The summed E-state index contributed by atoms with van der Waals surface area (Å²) in [5, 5.41) is 0. The van der Waals surface area contributed by atoms with Gasteiger partial charge >= 0.3 is 0 Å². The van der Waals surface area contributed by atoms with Crippen LogP contribution in [-0.2, 0) is 16.1 Å². The Balaban J connectivity index is 1.88. The SMILES string of the molecule is CCC1(COCc2cccc(C)n2)CCC(C)(C)O1. The third-order valence-corrected chi connectivity index (χ3v) is 3.88. The fraction of sp³-hybridized carbons (Fsp3) is 0.688. The summed E-state index contributed by atoms with van der Waals surface area (Å²) in [7, 11) is 0. The monoisotopic (exact) mass is 263 g/mol. The largest absolute Gasteiger partial charge is 0.372 e. The maximum Gasteiger partial charge on any atom is 0.0920 e. The minimum Gasteiger partial charge on any atom is -0.372 e. The van der Waals surface area contributed by atoms with E-state index < -0.39 is 0 Å². The number of rotatable bonds is 5. The standard InChI is InChI=1S/C16H25NO2/c1-5-16(10-9-15(3,4)19-16)12-18-11-14-8-6-7-13(2)17-14/h6-8H,5,9-12H2,1-4H3. The number of ether oxygens (including phenoxy) is 2. The van der Waals surface area contributed by atoms with Crippen molar-refractivity contribution in [2.24, 2.45) is 0 Å². The number of nitrogens with zero attached hydrogens (tertiary/aromatic N) is 1. The van der Waals surface area contributed by atoms with E-state index in [0.717, 1.165) is 30.7 Å². The van der Waals surface area contributed by atoms with Crippen LogP contribution in [0.4, 0.5) is 0 Å². The van der Waals surface area contributed by atoms with Crippen molar-refractivity contribution in [1.29, 1.82) is 0 Å². The van der Waals surface area contributed by atoms with E-state index in [9.17, 15) is 0 Å². The fourth-order valence-electron chi connectivity index (χ4n) is 2.69. The molecular weight excluding hydrogens is 238 g/mol. The van der Waals surface area contributed by atoms with E-state index in [2.05, 4.69) is 25.8 Å². The molecule has 0 spiro atoms. The van der Waals surface area contributed by atoms with Gasteiger partial charge in [-0.2, -0.15) is 0 Å². The molecule has 3 heteroatoms. The van der Waals surface area contributed by atoms with Gasteiger partial charge < -0.3 is 9.47 Å². The second-order valence-corrected chi connectivity index (χ2v) is 6.16. The van der Waals surface area contributed by atoms with Crippen LogP contribution in [0.3, 0.4) is 0 Å². The van der Waals surface area contributed by atoms with Gasteiger partial charge in [-0.25, -0.2) is 0 Å². The van der Waals surface area contributed by atoms with Crippen LogP contribution in [0.25, 0.3) is 0 Å². The smallest absolute Gasteiger partial charge is 0.0920 e. The third-order valence-electron chi connectivity index (χ3n) is 3.88. The van der Waals surface area contributed by atoms with Crippen LogP contribution in [0.15, 0.2) is 18.2 Å². The van der Waals surface area contributed by atoms with E-state index in [0.29, 0.717) is 13.2 Å². The van der Waals surface area contributed by atoms with Gasteiger partial charge in [0.2, 0.25) is 0 Å². The summed E-state index contributed by atoms with van der Waals surface area (Å²) in [5.74, 6) is 0. The van der Waals surface area contributed by atoms with Crippen molar-refractivity contribution in [3.05, 3.63) is 29.6 Å². The molecule has 1 fully saturated rings. The number of pyridine rings is 1. The van der Waals surface area contributed by atoms with Crippen LogP contribution in [0, 0.1) is 6.92 Å². The molecule has 0 aliphatic carbocycles. The van der Waals surface area contributed by atoms with E-state index in [1.54, 1.807) is 0 Å². The Bertz CT molecular complexity index is 431. The molecular formula is C16H25NO2. The quantitative estimate of drug-likeness (QED) is 0.812. The topological polar surface area (TPSA) is 31.4 Å². The Kier molecular flexibility index (Phi) is 4.26. The highest BCUT2D eigenvalue weighted by Gasteiger charge is 2.43. The average Bonchev–Trinajstić information content (AvgIpc) is 2.66. The Hall–Kier alpha value is -0.930. The van der Waals surface area contributed by atoms with Gasteiger partial charge in [0, 0.05) is 5.69 Å². The lowest BCUT2D eigenvalue weighted by molar-refractivity contribution is -0.127. The Labute approximate surface area is 116 Å². The molecule has 0 aromatic carbocycles. The van der Waals surface area contributed by atoms with Gasteiger partial charge in [0.05, 0.1) is 30.1 Å². The first kappa shape index (κ1) is 14.5. The molecule has 0 N–H and O–H groups in total. The zero-order chi connectivity index (χ0) is 13.9. The van der Waals surface area contributed by atoms with Crippen molar-refractivity contribution in [2.75, 3.05) is 6.61 Å². The fourth-order valence-corrected chi connectivity index (χ4v) is 2.69. The molecule has 0 saturated carbocycles. The molecule has 19 heavy (non-hydrogen) atoms. The van der Waals surface area contributed by atoms with Gasteiger partial charge in [-0.3, -0.25) is 4.98 Å². The normalized spacial score (nSPS) is 25.7. The Morgan fingerprint density at radius 2 is 2.11 bits per heavy atom. The van der Waals surface area contributed by atoms with Crippen LogP contribution >= 0.6 is 0 Å². The molecule has 1 aliphatic heterocycles. The van der Waals surface area contributed by atoms with Gasteiger partial charge in [0.25, 0.3) is 0 Å². The van der Waals surface area contributed by atoms with Crippen LogP contribution < -0.4 is 0 Å². The number of aryl methyl sites for hydroxylation is 1. The molecule has 3 nitrogen and oxygen atoms in total. The predicted molar refractivity (Wildman–Crippen MR) is 76.1 cm³/mol. The van der Waals surface area contributed by atoms with Crippen molar-refractivity contribution in [3.63, 3.8) is 0 Å². The minimum absolute atomic E-state index is 0.0129. The molecule has 106 valence electrons. The lowest BCUT2D eigenvalue weighted by Gasteiger charge is -2.30. The zero-order valence-corrected chi connectivity index (χ0v) is 12.5. The summed E-state index contributed by atoms with van der Waals surface area (Å²) >= 11 is 0. The second-order valence-electron chi connectivity index (χ2n) is 6.16. The van der Waals surface area contributed by atoms with E-state index in [4.69, 9.17) is 9.47 Å². The molecule has 1 unspecified atom stereocenters. The first-order valence-electron chi connectivity index (χ1n) is 7.15. The molecule has 1 saturated heterocycles. The molecule has 1 aromatic heterocycles. The van der Waals surface area contributed by atoms with Gasteiger partial charge in [0.1, 0.15) is 0 Å². The molecule has 1 aliphatic rings. The van der Waals surface area contributed by atoms with Gasteiger partial charge in [-0.1, -0.05) is 13.0 Å². The molecule has 0 radical (unpaired) electrons. The highest BCUT2D eigenvalue weighted by atomic mass is 16.6. The summed E-state index contributed by atoms with van der Waals surface area (Å²) in [6, 6.07) is 6.02. The zero-order valence-electron chi connectivity index (χ0n) is 12.5. The maximum atomic E-state index is 6.20. The third kappa shape index (κ3) is 3.77. The molecule has 1 aromatic rings. The number of aromatic nitrogens is 1. The van der Waals surface area contributed by atoms with E-state index in [1.807, 2.05) is 25.1 Å². The average molecular weight is 263 g/mol. The summed E-state index contributed by atoms with van der Waals surface area (Å²) in [5.41, 5.74) is 1.90. The predicted octanol–water partition coefficient (Wildman–Crippen LogP) is 3.64. The summed E-state index contributed by atoms with van der Waals surface area (Å²) in [6.07, 6.45) is 3.18. The van der Waals surface area contributed by atoms with Crippen molar-refractivity contribution < 1.29 is 9.47 Å². The van der Waals surface area contributed by atoms with E-state index >= 15 is 0 Å². The first-order chi connectivity index (χ1) is 8.95. The number of hydrogen-bond acceptors (Lipinski definition) is 3. The van der Waals surface area contributed by atoms with Crippen molar-refractivity contribution in [3.8, 4) is 0 Å².